The Morgan fingerprint density at radius 2 is 1.38 bits per heavy atom. The maximum Gasteiger partial charge on any atom is 0.0871 e. The van der Waals surface area contributed by atoms with Crippen molar-refractivity contribution in [3.63, 3.8) is 0 Å². The van der Waals surface area contributed by atoms with E-state index in [1.165, 1.54) is 27.9 Å². The molecule has 1 saturated heterocycles. The molecule has 1 unspecified atom stereocenters. The number of nitrogens with one attached hydrogen (secondary N) is 4. The highest BCUT2D eigenvalue weighted by Gasteiger charge is 2.25. The number of hydrogen-bond donors (Lipinski definition) is 4. The van der Waals surface area contributed by atoms with E-state index < -0.39 is 0 Å². The van der Waals surface area contributed by atoms with Crippen LogP contribution in [0.2, 0.25) is 10.0 Å². The average Bonchev–Trinajstić information content (AvgIpc) is 2.83. The second-order valence-corrected chi connectivity index (χ2v) is 9.44. The normalized spacial score (nSPS) is 18.9. The first-order valence-electron chi connectivity index (χ1n) is 11.3. The number of halogens is 2. The summed E-state index contributed by atoms with van der Waals surface area (Å²) in [6, 6.07) is 23.6. The number of fused-ring (bicyclic) bond motifs is 1. The molecular weight excluding hydrogens is 439 g/mol. The first-order chi connectivity index (χ1) is 15.7. The molecule has 0 bridgehead atoms. The third kappa shape index (κ3) is 4.80. The monoisotopic (exact) mass is 466 g/mol. The van der Waals surface area contributed by atoms with Crippen LogP contribution in [0.1, 0.15) is 47.2 Å². The van der Waals surface area contributed by atoms with Gasteiger partial charge in [-0.15, -0.1) is 0 Å². The average molecular weight is 467 g/mol. The molecule has 0 amide bonds. The first-order valence-corrected chi connectivity index (χ1v) is 12.0. The van der Waals surface area contributed by atoms with E-state index in [1.54, 1.807) is 0 Å². The SMILES string of the molecule is Clc1ccc(C(c2ccc(Cl)cc2)c2ccc3c(c2)C(NC2CCNCC2)NCN3)cc1. The molecular formula is C26H28Cl2N4. The maximum absolute atomic E-state index is 6.19. The molecule has 0 aliphatic carbocycles. The molecule has 32 heavy (non-hydrogen) atoms. The van der Waals surface area contributed by atoms with Gasteiger partial charge in [0, 0.05) is 33.3 Å². The summed E-state index contributed by atoms with van der Waals surface area (Å²) >= 11 is 12.4. The summed E-state index contributed by atoms with van der Waals surface area (Å²) in [5, 5.41) is 15.9. The zero-order valence-electron chi connectivity index (χ0n) is 17.9. The smallest absolute Gasteiger partial charge is 0.0871 e. The van der Waals surface area contributed by atoms with Crippen molar-refractivity contribution >= 4 is 28.9 Å². The van der Waals surface area contributed by atoms with Crippen LogP contribution in [0.25, 0.3) is 0 Å². The van der Waals surface area contributed by atoms with Crippen LogP contribution in [0.3, 0.4) is 0 Å². The van der Waals surface area contributed by atoms with Gasteiger partial charge in [0.25, 0.3) is 0 Å². The predicted octanol–water partition coefficient (Wildman–Crippen LogP) is 5.49. The molecule has 6 heteroatoms. The highest BCUT2D eigenvalue weighted by molar-refractivity contribution is 6.30. The summed E-state index contributed by atoms with van der Waals surface area (Å²) in [6.07, 6.45) is 2.43. The van der Waals surface area contributed by atoms with E-state index in [-0.39, 0.29) is 12.1 Å². The van der Waals surface area contributed by atoms with Gasteiger partial charge < -0.3 is 10.6 Å². The van der Waals surface area contributed by atoms with Gasteiger partial charge >= 0.3 is 0 Å². The molecule has 4 N–H and O–H groups in total. The molecule has 3 aromatic rings. The molecule has 0 saturated carbocycles. The van der Waals surface area contributed by atoms with Gasteiger partial charge in [0.1, 0.15) is 0 Å². The molecule has 2 aliphatic rings. The Bertz CT molecular complexity index is 1000. The van der Waals surface area contributed by atoms with E-state index in [0.29, 0.717) is 6.04 Å². The van der Waals surface area contributed by atoms with Gasteiger partial charge in [0.15, 0.2) is 0 Å². The van der Waals surface area contributed by atoms with Crippen LogP contribution < -0.4 is 21.3 Å². The van der Waals surface area contributed by atoms with Crippen molar-refractivity contribution in [2.75, 3.05) is 25.1 Å². The molecule has 1 atom stereocenters. The molecule has 0 aromatic heterocycles. The Balaban J connectivity index is 1.52. The van der Waals surface area contributed by atoms with E-state index >= 15 is 0 Å². The van der Waals surface area contributed by atoms with Crippen molar-refractivity contribution in [2.24, 2.45) is 0 Å². The highest BCUT2D eigenvalue weighted by atomic mass is 35.5. The predicted molar refractivity (Wildman–Crippen MR) is 134 cm³/mol. The van der Waals surface area contributed by atoms with Crippen molar-refractivity contribution in [1.82, 2.24) is 16.0 Å². The van der Waals surface area contributed by atoms with Gasteiger partial charge in [-0.05, 0) is 79.0 Å². The molecule has 2 aliphatic heterocycles. The summed E-state index contributed by atoms with van der Waals surface area (Å²) in [6.45, 7) is 2.91. The topological polar surface area (TPSA) is 48.1 Å². The molecule has 5 rings (SSSR count). The third-order valence-electron chi connectivity index (χ3n) is 6.45. The highest BCUT2D eigenvalue weighted by Crippen LogP contribution is 2.37. The fourth-order valence-electron chi connectivity index (χ4n) is 4.78. The first kappa shape index (κ1) is 21.7. The van der Waals surface area contributed by atoms with Crippen molar-refractivity contribution in [1.29, 1.82) is 0 Å². The lowest BCUT2D eigenvalue weighted by molar-refractivity contribution is 0.320. The van der Waals surface area contributed by atoms with Crippen molar-refractivity contribution in [3.05, 3.63) is 99.0 Å². The number of hydrogen-bond acceptors (Lipinski definition) is 4. The molecule has 1 fully saturated rings. The number of anilines is 1. The largest absolute Gasteiger partial charge is 0.372 e. The second kappa shape index (κ2) is 9.82. The van der Waals surface area contributed by atoms with Crippen LogP contribution in [0.15, 0.2) is 66.7 Å². The van der Waals surface area contributed by atoms with Gasteiger partial charge in [-0.25, -0.2) is 0 Å². The Kier molecular flexibility index (Phi) is 6.67. The minimum atomic E-state index is 0.0938. The van der Waals surface area contributed by atoms with E-state index in [2.05, 4.69) is 63.7 Å². The van der Waals surface area contributed by atoms with Gasteiger partial charge in [0.2, 0.25) is 0 Å². The molecule has 3 aromatic carbocycles. The van der Waals surface area contributed by atoms with E-state index in [0.717, 1.165) is 42.6 Å². The third-order valence-corrected chi connectivity index (χ3v) is 6.96. The minimum absolute atomic E-state index is 0.0938. The summed E-state index contributed by atoms with van der Waals surface area (Å²) in [7, 11) is 0. The van der Waals surface area contributed by atoms with Crippen LogP contribution in [-0.4, -0.2) is 25.8 Å². The van der Waals surface area contributed by atoms with E-state index in [1.807, 2.05) is 24.3 Å². The van der Waals surface area contributed by atoms with Crippen molar-refractivity contribution in [3.8, 4) is 0 Å². The zero-order valence-corrected chi connectivity index (χ0v) is 19.4. The van der Waals surface area contributed by atoms with Crippen LogP contribution in [0.4, 0.5) is 5.69 Å². The second-order valence-electron chi connectivity index (χ2n) is 8.56. The molecule has 2 heterocycles. The lowest BCUT2D eigenvalue weighted by Crippen LogP contribution is -2.48. The van der Waals surface area contributed by atoms with E-state index in [9.17, 15) is 0 Å². The molecule has 0 spiro atoms. The summed E-state index contributed by atoms with van der Waals surface area (Å²) < 4.78 is 0. The summed E-state index contributed by atoms with van der Waals surface area (Å²) in [5.74, 6) is 0.0938. The molecule has 0 radical (unpaired) electrons. The minimum Gasteiger partial charge on any atom is -0.372 e. The molecule has 4 nitrogen and oxygen atoms in total. The Morgan fingerprint density at radius 1 is 0.781 bits per heavy atom. The quantitative estimate of drug-likeness (QED) is 0.375. The lowest BCUT2D eigenvalue weighted by Gasteiger charge is -2.34. The van der Waals surface area contributed by atoms with Crippen LogP contribution in [0.5, 0.6) is 0 Å². The number of benzene rings is 3. The number of rotatable bonds is 5. The maximum atomic E-state index is 6.19. The summed E-state index contributed by atoms with van der Waals surface area (Å²) in [5.41, 5.74) is 6.11. The van der Waals surface area contributed by atoms with Gasteiger partial charge in [-0.1, -0.05) is 53.5 Å². The van der Waals surface area contributed by atoms with Crippen molar-refractivity contribution in [2.45, 2.75) is 31.0 Å². The van der Waals surface area contributed by atoms with Gasteiger partial charge in [-0.2, -0.15) is 0 Å². The zero-order chi connectivity index (χ0) is 21.9. The van der Waals surface area contributed by atoms with E-state index in [4.69, 9.17) is 23.2 Å². The Morgan fingerprint density at radius 3 is 2.00 bits per heavy atom. The standard InChI is InChI=1S/C26H28Cl2N4/c27-20-6-1-17(2-7-20)25(18-3-8-21(28)9-4-18)19-5-10-24-23(15-19)26(31-16-30-24)32-22-11-13-29-14-12-22/h1-10,15,22,25-26,29-32H,11-14,16H2. The van der Waals surface area contributed by atoms with Crippen LogP contribution >= 0.6 is 23.2 Å². The molecule has 166 valence electrons. The number of piperidine rings is 1. The lowest BCUT2D eigenvalue weighted by atomic mass is 9.84. The fraction of sp³-hybridized carbons (Fsp3) is 0.308. The van der Waals surface area contributed by atoms with Crippen molar-refractivity contribution < 1.29 is 0 Å². The van der Waals surface area contributed by atoms with Crippen LogP contribution in [0, 0.1) is 0 Å². The summed E-state index contributed by atoms with van der Waals surface area (Å²) in [4.78, 5) is 0. The van der Waals surface area contributed by atoms with Gasteiger partial charge in [0.05, 0.1) is 12.8 Å². The Hall–Kier alpha value is -2.08. The van der Waals surface area contributed by atoms with Crippen LogP contribution in [-0.2, 0) is 0 Å². The Labute approximate surface area is 199 Å². The fourth-order valence-corrected chi connectivity index (χ4v) is 5.03. The van der Waals surface area contributed by atoms with Gasteiger partial charge in [-0.3, -0.25) is 10.6 Å².